The zero-order valence-electron chi connectivity index (χ0n) is 10.1. The minimum absolute atomic E-state index is 0.303. The normalized spacial score (nSPS) is 10.1. The molecule has 2 heterocycles. The average Bonchev–Trinajstić information content (AvgIpc) is 2.88. The van der Waals surface area contributed by atoms with E-state index in [-0.39, 0.29) is 0 Å². The van der Waals surface area contributed by atoms with Crippen LogP contribution in [0.2, 0.25) is 0 Å². The van der Waals surface area contributed by atoms with Crippen molar-refractivity contribution in [2.24, 2.45) is 0 Å². The Morgan fingerprint density at radius 3 is 3.06 bits per heavy atom. The first-order valence-electron chi connectivity index (χ1n) is 5.48. The van der Waals surface area contributed by atoms with Crippen molar-refractivity contribution in [1.82, 2.24) is 15.2 Å². The third-order valence-corrected chi connectivity index (χ3v) is 2.31. The van der Waals surface area contributed by atoms with Crippen LogP contribution in [0.25, 0.3) is 11.3 Å². The van der Waals surface area contributed by atoms with Crippen LogP contribution >= 0.6 is 0 Å². The summed E-state index contributed by atoms with van der Waals surface area (Å²) >= 11 is 0. The Bertz CT molecular complexity index is 551. The lowest BCUT2D eigenvalue weighted by Crippen LogP contribution is -2.04. The molecule has 0 saturated carbocycles. The van der Waals surface area contributed by atoms with Crippen LogP contribution in [-0.4, -0.2) is 34.9 Å². The van der Waals surface area contributed by atoms with Crippen molar-refractivity contribution < 1.29 is 14.3 Å². The van der Waals surface area contributed by atoms with Crippen LogP contribution < -0.4 is 4.74 Å². The number of hydrogen-bond acceptors (Lipinski definition) is 5. The number of aromatic amines is 1. The van der Waals surface area contributed by atoms with Crippen molar-refractivity contribution in [3.05, 3.63) is 30.1 Å². The Morgan fingerprint density at radius 1 is 1.50 bits per heavy atom. The zero-order valence-corrected chi connectivity index (χ0v) is 10.1. The first-order chi connectivity index (χ1) is 8.76. The van der Waals surface area contributed by atoms with Crippen molar-refractivity contribution in [3.63, 3.8) is 0 Å². The third-order valence-electron chi connectivity index (χ3n) is 2.31. The Morgan fingerprint density at radius 2 is 2.33 bits per heavy atom. The molecule has 0 bridgehead atoms. The maximum atomic E-state index is 11.5. The summed E-state index contributed by atoms with van der Waals surface area (Å²) < 4.78 is 10.0. The molecule has 0 atom stereocenters. The van der Waals surface area contributed by atoms with Crippen LogP contribution in [0.5, 0.6) is 5.88 Å². The molecule has 6 nitrogen and oxygen atoms in total. The molecular weight excluding hydrogens is 234 g/mol. The topological polar surface area (TPSA) is 77.1 Å². The molecule has 6 heteroatoms. The fraction of sp³-hybridized carbons (Fsp3) is 0.250. The SMILES string of the molecule is CCOC(=O)c1cc(-c2cccnc2OC)n[nH]1. The van der Waals surface area contributed by atoms with Crippen LogP contribution in [0, 0.1) is 0 Å². The van der Waals surface area contributed by atoms with Gasteiger partial charge in [0.25, 0.3) is 0 Å². The maximum Gasteiger partial charge on any atom is 0.356 e. The standard InChI is InChI=1S/C12H13N3O3/c1-3-18-12(16)10-7-9(14-15-10)8-5-4-6-13-11(8)17-2/h4-7H,3H2,1-2H3,(H,14,15). The van der Waals surface area contributed by atoms with Crippen LogP contribution in [0.3, 0.4) is 0 Å². The van der Waals surface area contributed by atoms with Gasteiger partial charge in [-0.2, -0.15) is 5.10 Å². The third kappa shape index (κ3) is 2.32. The lowest BCUT2D eigenvalue weighted by Gasteiger charge is -2.02. The fourth-order valence-electron chi connectivity index (χ4n) is 1.52. The highest BCUT2D eigenvalue weighted by Crippen LogP contribution is 2.26. The Hall–Kier alpha value is -2.37. The van der Waals surface area contributed by atoms with Gasteiger partial charge in [0.05, 0.1) is 25.0 Å². The summed E-state index contributed by atoms with van der Waals surface area (Å²) in [6.45, 7) is 2.07. The molecular formula is C12H13N3O3. The van der Waals surface area contributed by atoms with E-state index >= 15 is 0 Å². The molecule has 0 unspecified atom stereocenters. The predicted molar refractivity (Wildman–Crippen MR) is 64.3 cm³/mol. The van der Waals surface area contributed by atoms with Gasteiger partial charge in [0.15, 0.2) is 0 Å². The molecule has 0 spiro atoms. The van der Waals surface area contributed by atoms with E-state index in [0.717, 1.165) is 0 Å². The Labute approximate surface area is 104 Å². The van der Waals surface area contributed by atoms with Gasteiger partial charge in [-0.15, -0.1) is 0 Å². The molecule has 18 heavy (non-hydrogen) atoms. The highest BCUT2D eigenvalue weighted by molar-refractivity contribution is 5.88. The summed E-state index contributed by atoms with van der Waals surface area (Å²) in [5.41, 5.74) is 1.60. The van der Waals surface area contributed by atoms with Crippen LogP contribution in [0.15, 0.2) is 24.4 Å². The number of nitrogens with one attached hydrogen (secondary N) is 1. The van der Waals surface area contributed by atoms with Crippen molar-refractivity contribution in [2.75, 3.05) is 13.7 Å². The number of H-pyrrole nitrogens is 1. The second-order valence-corrected chi connectivity index (χ2v) is 3.45. The summed E-state index contributed by atoms with van der Waals surface area (Å²) in [7, 11) is 1.53. The number of hydrogen-bond donors (Lipinski definition) is 1. The minimum Gasteiger partial charge on any atom is -0.481 e. The van der Waals surface area contributed by atoms with E-state index in [2.05, 4.69) is 15.2 Å². The van der Waals surface area contributed by atoms with E-state index in [1.165, 1.54) is 7.11 Å². The zero-order chi connectivity index (χ0) is 13.0. The number of nitrogens with zero attached hydrogens (tertiary/aromatic N) is 2. The molecule has 2 aromatic heterocycles. The fourth-order valence-corrected chi connectivity index (χ4v) is 1.52. The number of pyridine rings is 1. The smallest absolute Gasteiger partial charge is 0.356 e. The Kier molecular flexibility index (Phi) is 3.57. The molecule has 0 aromatic carbocycles. The van der Waals surface area contributed by atoms with Crippen molar-refractivity contribution in [1.29, 1.82) is 0 Å². The summed E-state index contributed by atoms with van der Waals surface area (Å²) in [5.74, 6) is 0.0264. The van der Waals surface area contributed by atoms with Gasteiger partial charge >= 0.3 is 5.97 Å². The van der Waals surface area contributed by atoms with Crippen LogP contribution in [-0.2, 0) is 4.74 Å². The molecule has 0 aliphatic heterocycles. The highest BCUT2D eigenvalue weighted by atomic mass is 16.5. The van der Waals surface area contributed by atoms with Gasteiger partial charge in [0.1, 0.15) is 5.69 Å². The summed E-state index contributed by atoms with van der Waals surface area (Å²) in [6, 6.07) is 5.20. The molecule has 0 saturated heterocycles. The molecule has 2 aromatic rings. The van der Waals surface area contributed by atoms with E-state index in [4.69, 9.17) is 9.47 Å². The van der Waals surface area contributed by atoms with Crippen LogP contribution in [0.4, 0.5) is 0 Å². The van der Waals surface area contributed by atoms with E-state index in [0.29, 0.717) is 29.4 Å². The first kappa shape index (κ1) is 12.1. The quantitative estimate of drug-likeness (QED) is 0.831. The van der Waals surface area contributed by atoms with Gasteiger partial charge in [-0.25, -0.2) is 9.78 Å². The number of carbonyl (C=O) groups excluding carboxylic acids is 1. The van der Waals surface area contributed by atoms with E-state index in [9.17, 15) is 4.79 Å². The van der Waals surface area contributed by atoms with Gasteiger partial charge in [-0.1, -0.05) is 0 Å². The van der Waals surface area contributed by atoms with E-state index in [1.54, 1.807) is 25.3 Å². The Balaban J connectivity index is 2.32. The average molecular weight is 247 g/mol. The number of carbonyl (C=O) groups is 1. The summed E-state index contributed by atoms with van der Waals surface area (Å²) in [6.07, 6.45) is 1.63. The second kappa shape index (κ2) is 5.31. The molecule has 0 aliphatic carbocycles. The second-order valence-electron chi connectivity index (χ2n) is 3.45. The number of esters is 1. The van der Waals surface area contributed by atoms with Crippen molar-refractivity contribution in [2.45, 2.75) is 6.92 Å². The van der Waals surface area contributed by atoms with Crippen LogP contribution in [0.1, 0.15) is 17.4 Å². The summed E-state index contributed by atoms with van der Waals surface area (Å²) in [5, 5.41) is 6.68. The van der Waals surface area contributed by atoms with Gasteiger partial charge in [-0.3, -0.25) is 5.10 Å². The van der Waals surface area contributed by atoms with Gasteiger partial charge in [0, 0.05) is 6.20 Å². The largest absolute Gasteiger partial charge is 0.481 e. The lowest BCUT2D eigenvalue weighted by atomic mass is 10.2. The lowest BCUT2D eigenvalue weighted by molar-refractivity contribution is 0.0519. The molecule has 0 aliphatic rings. The molecule has 0 fully saturated rings. The number of aromatic nitrogens is 3. The summed E-state index contributed by atoms with van der Waals surface area (Å²) in [4.78, 5) is 15.6. The molecule has 0 radical (unpaired) electrons. The van der Waals surface area contributed by atoms with Gasteiger partial charge < -0.3 is 9.47 Å². The molecule has 0 amide bonds. The number of rotatable bonds is 4. The number of methoxy groups -OCH3 is 1. The molecule has 1 N–H and O–H groups in total. The number of ether oxygens (including phenoxy) is 2. The molecule has 2 rings (SSSR count). The van der Waals surface area contributed by atoms with Gasteiger partial charge in [0.2, 0.25) is 5.88 Å². The predicted octanol–water partition coefficient (Wildman–Crippen LogP) is 1.66. The maximum absolute atomic E-state index is 11.5. The highest BCUT2D eigenvalue weighted by Gasteiger charge is 2.14. The van der Waals surface area contributed by atoms with Gasteiger partial charge in [-0.05, 0) is 25.1 Å². The van der Waals surface area contributed by atoms with Crippen molar-refractivity contribution in [3.8, 4) is 17.1 Å². The minimum atomic E-state index is -0.431. The van der Waals surface area contributed by atoms with E-state index < -0.39 is 5.97 Å². The first-order valence-corrected chi connectivity index (χ1v) is 5.48. The molecule has 94 valence electrons. The van der Waals surface area contributed by atoms with E-state index in [1.807, 2.05) is 6.07 Å². The van der Waals surface area contributed by atoms with Crippen molar-refractivity contribution >= 4 is 5.97 Å². The monoisotopic (exact) mass is 247 g/mol.